The molecule has 0 atom stereocenters. The lowest BCUT2D eigenvalue weighted by molar-refractivity contribution is -0.0734. The van der Waals surface area contributed by atoms with Gasteiger partial charge in [0.05, 0.1) is 11.2 Å². The number of hydrogen-bond donors (Lipinski definition) is 1. The third-order valence-corrected chi connectivity index (χ3v) is 3.66. The predicted molar refractivity (Wildman–Crippen MR) is 73.1 cm³/mol. The Morgan fingerprint density at radius 1 is 1.45 bits per heavy atom. The highest BCUT2D eigenvalue weighted by atomic mass is 19.1. The molecule has 1 amide bonds. The standard InChI is InChI=1S/C15H20FNO3/c1-11-3-4-12(13(16)9-11)14(18)17(2)10-15(19)5-7-20-8-6-15/h3-4,9,19H,5-8,10H2,1-2H3. The summed E-state index contributed by atoms with van der Waals surface area (Å²) < 4.78 is 19.0. The summed E-state index contributed by atoms with van der Waals surface area (Å²) in [6.45, 7) is 2.92. The second kappa shape index (κ2) is 5.89. The summed E-state index contributed by atoms with van der Waals surface area (Å²) in [6, 6.07) is 4.52. The van der Waals surface area contributed by atoms with Gasteiger partial charge in [-0.3, -0.25) is 4.79 Å². The minimum absolute atomic E-state index is 0.0359. The van der Waals surface area contributed by atoms with Crippen LogP contribution >= 0.6 is 0 Å². The number of amides is 1. The smallest absolute Gasteiger partial charge is 0.256 e. The Balaban J connectivity index is 2.08. The summed E-state index contributed by atoms with van der Waals surface area (Å²) in [7, 11) is 1.58. The fourth-order valence-corrected chi connectivity index (χ4v) is 2.42. The molecule has 0 aliphatic carbocycles. The lowest BCUT2D eigenvalue weighted by atomic mass is 9.93. The molecule has 1 aromatic carbocycles. The number of ether oxygens (including phenoxy) is 1. The molecule has 0 bridgehead atoms. The van der Waals surface area contributed by atoms with Gasteiger partial charge in [-0.25, -0.2) is 4.39 Å². The number of aliphatic hydroxyl groups is 1. The van der Waals surface area contributed by atoms with E-state index < -0.39 is 17.3 Å². The van der Waals surface area contributed by atoms with Crippen LogP contribution in [0.4, 0.5) is 4.39 Å². The van der Waals surface area contributed by atoms with Crippen LogP contribution in [0.3, 0.4) is 0 Å². The zero-order valence-electron chi connectivity index (χ0n) is 11.9. The Bertz CT molecular complexity index is 498. The van der Waals surface area contributed by atoms with Crippen molar-refractivity contribution < 1.29 is 19.0 Å². The fourth-order valence-electron chi connectivity index (χ4n) is 2.42. The number of carbonyl (C=O) groups is 1. The van der Waals surface area contributed by atoms with Crippen molar-refractivity contribution in [3.63, 3.8) is 0 Å². The molecule has 1 heterocycles. The van der Waals surface area contributed by atoms with Gasteiger partial charge in [0.1, 0.15) is 5.82 Å². The Morgan fingerprint density at radius 2 is 2.10 bits per heavy atom. The SMILES string of the molecule is Cc1ccc(C(=O)N(C)CC2(O)CCOCC2)c(F)c1. The monoisotopic (exact) mass is 281 g/mol. The molecule has 5 heteroatoms. The summed E-state index contributed by atoms with van der Waals surface area (Å²) in [6.07, 6.45) is 0.974. The van der Waals surface area contributed by atoms with Gasteiger partial charge in [0.25, 0.3) is 5.91 Å². The molecule has 1 aromatic rings. The van der Waals surface area contributed by atoms with Gasteiger partial charge < -0.3 is 14.7 Å². The van der Waals surface area contributed by atoms with Crippen molar-refractivity contribution in [1.82, 2.24) is 4.90 Å². The third-order valence-electron chi connectivity index (χ3n) is 3.66. The average molecular weight is 281 g/mol. The van der Waals surface area contributed by atoms with Gasteiger partial charge in [0, 0.05) is 39.6 Å². The average Bonchev–Trinajstić information content (AvgIpc) is 2.38. The van der Waals surface area contributed by atoms with Crippen LogP contribution in [0.5, 0.6) is 0 Å². The van der Waals surface area contributed by atoms with Gasteiger partial charge in [-0.05, 0) is 24.6 Å². The highest BCUT2D eigenvalue weighted by molar-refractivity contribution is 5.94. The molecule has 0 spiro atoms. The maximum atomic E-state index is 13.8. The van der Waals surface area contributed by atoms with Crippen molar-refractivity contribution in [2.24, 2.45) is 0 Å². The van der Waals surface area contributed by atoms with Crippen LogP contribution in [0.1, 0.15) is 28.8 Å². The summed E-state index contributed by atoms with van der Waals surface area (Å²) in [5, 5.41) is 10.4. The van der Waals surface area contributed by atoms with Crippen LogP contribution in [0, 0.1) is 12.7 Å². The minimum Gasteiger partial charge on any atom is -0.388 e. The van der Waals surface area contributed by atoms with Crippen LogP contribution in [-0.2, 0) is 4.74 Å². The number of aryl methyl sites for hydroxylation is 1. The van der Waals surface area contributed by atoms with E-state index in [0.717, 1.165) is 5.56 Å². The molecule has 20 heavy (non-hydrogen) atoms. The molecule has 1 aliphatic rings. The number of nitrogens with zero attached hydrogens (tertiary/aromatic N) is 1. The second-order valence-corrected chi connectivity index (χ2v) is 5.48. The van der Waals surface area contributed by atoms with E-state index in [0.29, 0.717) is 26.1 Å². The van der Waals surface area contributed by atoms with Gasteiger partial charge in [-0.2, -0.15) is 0 Å². The Labute approximate surface area is 118 Å². The second-order valence-electron chi connectivity index (χ2n) is 5.48. The topological polar surface area (TPSA) is 49.8 Å². The van der Waals surface area contributed by atoms with Crippen LogP contribution in [-0.4, -0.2) is 48.3 Å². The zero-order chi connectivity index (χ0) is 14.8. The van der Waals surface area contributed by atoms with Crippen LogP contribution in [0.2, 0.25) is 0 Å². The predicted octanol–water partition coefficient (Wildman–Crippen LogP) is 1.75. The van der Waals surface area contributed by atoms with E-state index in [1.807, 2.05) is 0 Å². The van der Waals surface area contributed by atoms with Crippen molar-refractivity contribution in [1.29, 1.82) is 0 Å². The first kappa shape index (κ1) is 14.9. The Morgan fingerprint density at radius 3 is 2.70 bits per heavy atom. The quantitative estimate of drug-likeness (QED) is 0.918. The van der Waals surface area contributed by atoms with E-state index >= 15 is 0 Å². The molecular weight excluding hydrogens is 261 g/mol. The van der Waals surface area contributed by atoms with Gasteiger partial charge >= 0.3 is 0 Å². The van der Waals surface area contributed by atoms with E-state index in [1.165, 1.54) is 17.0 Å². The molecule has 1 aliphatic heterocycles. The molecule has 0 radical (unpaired) electrons. The minimum atomic E-state index is -0.941. The number of likely N-dealkylation sites (N-methyl/N-ethyl adjacent to an activating group) is 1. The highest BCUT2D eigenvalue weighted by Gasteiger charge is 2.32. The number of carbonyl (C=O) groups excluding carboxylic acids is 1. The van der Waals surface area contributed by atoms with Crippen molar-refractivity contribution >= 4 is 5.91 Å². The number of rotatable bonds is 3. The molecule has 4 nitrogen and oxygen atoms in total. The maximum Gasteiger partial charge on any atom is 0.256 e. The molecule has 1 fully saturated rings. The number of halogens is 1. The third kappa shape index (κ3) is 3.35. The molecular formula is C15H20FNO3. The molecule has 2 rings (SSSR count). The molecule has 0 saturated carbocycles. The summed E-state index contributed by atoms with van der Waals surface area (Å²) in [5.74, 6) is -0.941. The molecule has 0 unspecified atom stereocenters. The number of benzene rings is 1. The Kier molecular flexibility index (Phi) is 4.40. The highest BCUT2D eigenvalue weighted by Crippen LogP contribution is 2.22. The first-order valence-electron chi connectivity index (χ1n) is 6.73. The van der Waals surface area contributed by atoms with Crippen molar-refractivity contribution in [2.45, 2.75) is 25.4 Å². The van der Waals surface area contributed by atoms with Gasteiger partial charge in [-0.15, -0.1) is 0 Å². The van der Waals surface area contributed by atoms with Crippen LogP contribution in [0.15, 0.2) is 18.2 Å². The van der Waals surface area contributed by atoms with E-state index in [1.54, 1.807) is 20.0 Å². The summed E-state index contributed by atoms with van der Waals surface area (Å²) in [4.78, 5) is 13.6. The molecule has 1 N–H and O–H groups in total. The van der Waals surface area contributed by atoms with Gasteiger partial charge in [0.2, 0.25) is 0 Å². The van der Waals surface area contributed by atoms with Crippen LogP contribution < -0.4 is 0 Å². The van der Waals surface area contributed by atoms with E-state index in [4.69, 9.17) is 4.74 Å². The van der Waals surface area contributed by atoms with Crippen molar-refractivity contribution in [3.05, 3.63) is 35.1 Å². The number of hydrogen-bond acceptors (Lipinski definition) is 3. The normalized spacial score (nSPS) is 17.8. The summed E-state index contributed by atoms with van der Waals surface area (Å²) in [5.41, 5.74) is -0.136. The summed E-state index contributed by atoms with van der Waals surface area (Å²) >= 11 is 0. The lowest BCUT2D eigenvalue weighted by Gasteiger charge is -2.35. The Hall–Kier alpha value is -1.46. The maximum absolute atomic E-state index is 13.8. The van der Waals surface area contributed by atoms with E-state index in [2.05, 4.69) is 0 Å². The van der Waals surface area contributed by atoms with Crippen molar-refractivity contribution in [2.75, 3.05) is 26.8 Å². The lowest BCUT2D eigenvalue weighted by Crippen LogP contribution is -2.47. The largest absolute Gasteiger partial charge is 0.388 e. The zero-order valence-corrected chi connectivity index (χ0v) is 11.9. The van der Waals surface area contributed by atoms with E-state index in [-0.39, 0.29) is 12.1 Å². The van der Waals surface area contributed by atoms with E-state index in [9.17, 15) is 14.3 Å². The van der Waals surface area contributed by atoms with Gasteiger partial charge in [-0.1, -0.05) is 6.07 Å². The van der Waals surface area contributed by atoms with Crippen LogP contribution in [0.25, 0.3) is 0 Å². The molecule has 110 valence electrons. The van der Waals surface area contributed by atoms with Gasteiger partial charge in [0.15, 0.2) is 0 Å². The van der Waals surface area contributed by atoms with Crippen molar-refractivity contribution in [3.8, 4) is 0 Å². The first-order chi connectivity index (χ1) is 9.41. The first-order valence-corrected chi connectivity index (χ1v) is 6.73. The molecule has 1 saturated heterocycles. The fraction of sp³-hybridized carbons (Fsp3) is 0.533. The molecule has 0 aromatic heterocycles.